The van der Waals surface area contributed by atoms with Crippen LogP contribution in [0.2, 0.25) is 10.0 Å². The Morgan fingerprint density at radius 2 is 1.87 bits per heavy atom. The smallest absolute Gasteiger partial charge is 0.240 e. The minimum atomic E-state index is -0.286. The largest absolute Gasteiger partial charge is 0.352 e. The molecule has 0 saturated carbocycles. The van der Waals surface area contributed by atoms with Crippen molar-refractivity contribution in [1.29, 1.82) is 0 Å². The zero-order valence-electron chi connectivity index (χ0n) is 22.4. The molecule has 2 aliphatic rings. The third-order valence-electron chi connectivity index (χ3n) is 7.80. The molecule has 4 rings (SSSR count). The van der Waals surface area contributed by atoms with Gasteiger partial charge in [0.05, 0.1) is 22.0 Å². The zero-order chi connectivity index (χ0) is 27.2. The molecule has 0 spiro atoms. The molecule has 2 aromatic carbocycles. The van der Waals surface area contributed by atoms with Crippen LogP contribution in [0.1, 0.15) is 50.7 Å². The number of fused-ring (bicyclic) bond motifs is 1. The maximum Gasteiger partial charge on any atom is 0.240 e. The number of carbonyl (C=O) groups excluding carboxylic acids is 2. The van der Waals surface area contributed by atoms with Gasteiger partial charge in [0.2, 0.25) is 11.8 Å². The zero-order valence-corrected chi connectivity index (χ0v) is 23.9. The van der Waals surface area contributed by atoms with Crippen molar-refractivity contribution < 1.29 is 9.59 Å². The van der Waals surface area contributed by atoms with Gasteiger partial charge in [-0.2, -0.15) is 0 Å². The Balaban J connectivity index is 1.43. The van der Waals surface area contributed by atoms with E-state index in [4.69, 9.17) is 28.9 Å². The predicted octanol–water partition coefficient (Wildman–Crippen LogP) is 4.91. The number of hydrogen-bond donors (Lipinski definition) is 2. The molecule has 1 unspecified atom stereocenters. The van der Waals surface area contributed by atoms with Crippen LogP contribution >= 0.6 is 23.2 Å². The molecule has 0 aromatic heterocycles. The molecular weight excluding hydrogens is 519 g/mol. The molecule has 2 heterocycles. The van der Waals surface area contributed by atoms with Crippen LogP contribution in [0.15, 0.2) is 48.5 Å². The Hall–Kier alpha value is -2.12. The van der Waals surface area contributed by atoms with E-state index in [1.54, 1.807) is 12.1 Å². The third-order valence-corrected chi connectivity index (χ3v) is 8.54. The van der Waals surface area contributed by atoms with Gasteiger partial charge in [0, 0.05) is 38.3 Å². The molecule has 6 nitrogen and oxygen atoms in total. The van der Waals surface area contributed by atoms with E-state index >= 15 is 0 Å². The Kier molecular flexibility index (Phi) is 10.1. The lowest BCUT2D eigenvalue weighted by atomic mass is 9.95. The summed E-state index contributed by atoms with van der Waals surface area (Å²) in [6.07, 6.45) is 4.25. The fourth-order valence-corrected chi connectivity index (χ4v) is 6.21. The van der Waals surface area contributed by atoms with Gasteiger partial charge in [-0.3, -0.25) is 14.5 Å². The molecule has 2 aromatic rings. The van der Waals surface area contributed by atoms with E-state index in [1.165, 1.54) is 5.56 Å². The number of amides is 2. The first-order chi connectivity index (χ1) is 18.2. The van der Waals surface area contributed by atoms with E-state index in [0.717, 1.165) is 31.4 Å². The number of halogens is 2. The van der Waals surface area contributed by atoms with Gasteiger partial charge in [0.1, 0.15) is 0 Å². The van der Waals surface area contributed by atoms with Crippen LogP contribution in [0.4, 0.5) is 0 Å². The lowest BCUT2D eigenvalue weighted by Gasteiger charge is -2.30. The Labute approximate surface area is 236 Å². The second-order valence-electron chi connectivity index (χ2n) is 11.3. The molecule has 0 aliphatic carbocycles. The lowest BCUT2D eigenvalue weighted by Crippen LogP contribution is -2.47. The van der Waals surface area contributed by atoms with Crippen molar-refractivity contribution in [3.8, 4) is 0 Å². The van der Waals surface area contributed by atoms with E-state index < -0.39 is 0 Å². The average Bonchev–Trinajstić information content (AvgIpc) is 3.24. The van der Waals surface area contributed by atoms with Crippen molar-refractivity contribution in [2.24, 2.45) is 17.6 Å². The molecule has 4 atom stereocenters. The van der Waals surface area contributed by atoms with Gasteiger partial charge in [-0.05, 0) is 61.3 Å². The van der Waals surface area contributed by atoms with Gasteiger partial charge in [-0.15, -0.1) is 0 Å². The second kappa shape index (κ2) is 13.3. The number of benzene rings is 2. The summed E-state index contributed by atoms with van der Waals surface area (Å²) in [6, 6.07) is 16.0. The highest BCUT2D eigenvalue weighted by Crippen LogP contribution is 2.30. The Bertz CT molecular complexity index is 1100. The third kappa shape index (κ3) is 7.50. The number of rotatable bonds is 10. The predicted molar refractivity (Wildman–Crippen MR) is 154 cm³/mol. The molecule has 2 amide bonds. The van der Waals surface area contributed by atoms with Crippen molar-refractivity contribution in [2.45, 2.75) is 70.6 Å². The average molecular weight is 560 g/mol. The number of nitrogens with two attached hydrogens (primary N) is 1. The van der Waals surface area contributed by atoms with E-state index in [1.807, 2.05) is 17.0 Å². The van der Waals surface area contributed by atoms with Gasteiger partial charge in [0.15, 0.2) is 0 Å². The summed E-state index contributed by atoms with van der Waals surface area (Å²) >= 11 is 12.2. The number of hydrogen-bond acceptors (Lipinski definition) is 4. The molecule has 0 radical (unpaired) electrons. The molecule has 2 aliphatic heterocycles. The maximum atomic E-state index is 13.8. The van der Waals surface area contributed by atoms with Crippen LogP contribution in [-0.4, -0.2) is 59.4 Å². The van der Waals surface area contributed by atoms with E-state index in [-0.39, 0.29) is 29.8 Å². The van der Waals surface area contributed by atoms with E-state index in [2.05, 4.69) is 48.3 Å². The highest BCUT2D eigenvalue weighted by Gasteiger charge is 2.43. The van der Waals surface area contributed by atoms with Crippen molar-refractivity contribution in [3.63, 3.8) is 0 Å². The van der Waals surface area contributed by atoms with Crippen LogP contribution in [0.5, 0.6) is 0 Å². The Morgan fingerprint density at radius 1 is 1.11 bits per heavy atom. The Morgan fingerprint density at radius 3 is 2.58 bits per heavy atom. The molecule has 0 bridgehead atoms. The van der Waals surface area contributed by atoms with Gasteiger partial charge in [-0.25, -0.2) is 0 Å². The van der Waals surface area contributed by atoms with Crippen molar-refractivity contribution >= 4 is 35.0 Å². The van der Waals surface area contributed by atoms with Crippen LogP contribution in [-0.2, 0) is 22.6 Å². The summed E-state index contributed by atoms with van der Waals surface area (Å²) < 4.78 is 0. The molecule has 8 heteroatoms. The second-order valence-corrected chi connectivity index (χ2v) is 12.1. The van der Waals surface area contributed by atoms with Crippen LogP contribution in [0, 0.1) is 11.8 Å². The quantitative estimate of drug-likeness (QED) is 0.434. The number of carbonyl (C=O) groups is 2. The minimum Gasteiger partial charge on any atom is -0.352 e. The molecule has 2 saturated heterocycles. The first-order valence-electron chi connectivity index (χ1n) is 13.8. The summed E-state index contributed by atoms with van der Waals surface area (Å²) in [5.41, 5.74) is 8.56. The van der Waals surface area contributed by atoms with E-state index in [9.17, 15) is 9.59 Å². The summed E-state index contributed by atoms with van der Waals surface area (Å²) in [6.45, 7) is 6.43. The normalized spacial score (nSPS) is 22.8. The number of aryl methyl sites for hydroxylation is 1. The van der Waals surface area contributed by atoms with Crippen molar-refractivity contribution in [2.75, 3.05) is 19.6 Å². The minimum absolute atomic E-state index is 0.00378. The molecular formula is C30H40Cl2N4O2. The van der Waals surface area contributed by atoms with Crippen molar-refractivity contribution in [3.05, 3.63) is 69.7 Å². The summed E-state index contributed by atoms with van der Waals surface area (Å²) in [5.74, 6) is 0.118. The highest BCUT2D eigenvalue weighted by atomic mass is 35.5. The number of nitrogens with zero attached hydrogens (tertiary/aromatic N) is 2. The fourth-order valence-electron chi connectivity index (χ4n) is 5.88. The molecule has 206 valence electrons. The fraction of sp³-hybridized carbons (Fsp3) is 0.533. The number of nitrogens with one attached hydrogen (secondary N) is 1. The standard InChI is InChI=1S/C30H40Cl2N4O2/c1-20(2)14-23(29(37)34-17-22-9-11-26(31)27(32)15-22)18-35-13-12-25(10-8-21-6-4-3-5-7-21)36-19-24(33)16-28(36)30(35)38/h3-7,9,11,15,20,23-25,28H,8,10,12-14,16-19,33H2,1-2H3,(H,34,37)/t23-,24+,25?,28-/m0/s1. The topological polar surface area (TPSA) is 78.7 Å². The first kappa shape index (κ1) is 28.9. The SMILES string of the molecule is CC(C)C[C@@H](CN1CCC(CCc2ccccc2)N2C[C@H](N)C[C@H]2C1=O)C(=O)NCc1ccc(Cl)c(Cl)c1. The molecule has 3 N–H and O–H groups in total. The van der Waals surface area contributed by atoms with Gasteiger partial charge < -0.3 is 16.0 Å². The van der Waals surface area contributed by atoms with Gasteiger partial charge in [0.25, 0.3) is 0 Å². The lowest BCUT2D eigenvalue weighted by molar-refractivity contribution is -0.137. The van der Waals surface area contributed by atoms with Crippen LogP contribution in [0.25, 0.3) is 0 Å². The van der Waals surface area contributed by atoms with Gasteiger partial charge in [-0.1, -0.05) is 73.4 Å². The van der Waals surface area contributed by atoms with Crippen molar-refractivity contribution in [1.82, 2.24) is 15.1 Å². The maximum absolute atomic E-state index is 13.8. The summed E-state index contributed by atoms with van der Waals surface area (Å²) in [5, 5.41) is 4.02. The van der Waals surface area contributed by atoms with Crippen LogP contribution < -0.4 is 11.1 Å². The summed E-state index contributed by atoms with van der Waals surface area (Å²) in [4.78, 5) is 31.4. The molecule has 2 fully saturated rings. The van der Waals surface area contributed by atoms with E-state index in [0.29, 0.717) is 54.5 Å². The summed E-state index contributed by atoms with van der Waals surface area (Å²) in [7, 11) is 0. The first-order valence-corrected chi connectivity index (χ1v) is 14.5. The van der Waals surface area contributed by atoms with Gasteiger partial charge >= 0.3 is 0 Å². The highest BCUT2D eigenvalue weighted by molar-refractivity contribution is 6.42. The molecule has 38 heavy (non-hydrogen) atoms. The monoisotopic (exact) mass is 558 g/mol. The van der Waals surface area contributed by atoms with Crippen LogP contribution in [0.3, 0.4) is 0 Å².